The lowest BCUT2D eigenvalue weighted by atomic mass is 10.4. The first-order chi connectivity index (χ1) is 3.93. The van der Waals surface area contributed by atoms with Crippen molar-refractivity contribution in [1.82, 2.24) is 5.32 Å². The number of hydrogen-bond donors (Lipinski definition) is 1. The van der Waals surface area contributed by atoms with Crippen molar-refractivity contribution >= 4 is 0 Å². The van der Waals surface area contributed by atoms with Gasteiger partial charge in [0.15, 0.2) is 6.23 Å². The summed E-state index contributed by atoms with van der Waals surface area (Å²) in [5.74, 6) is 0. The lowest BCUT2D eigenvalue weighted by Gasteiger charge is -2.08. The Morgan fingerprint density at radius 3 is 3.25 bits per heavy atom. The van der Waals surface area contributed by atoms with Crippen molar-refractivity contribution in [3.05, 3.63) is 12.3 Å². The van der Waals surface area contributed by atoms with Crippen LogP contribution in [0.25, 0.3) is 0 Å². The summed E-state index contributed by atoms with van der Waals surface area (Å²) in [5, 5.41) is 3.16. The molecular weight excluding hydrogens is 102 g/mol. The van der Waals surface area contributed by atoms with Gasteiger partial charge in [-0.05, 0) is 12.6 Å². The second-order valence-electron chi connectivity index (χ2n) is 1.79. The van der Waals surface area contributed by atoms with E-state index in [9.17, 15) is 0 Å². The molecule has 2 nitrogen and oxygen atoms in total. The molecule has 1 unspecified atom stereocenters. The van der Waals surface area contributed by atoms with E-state index in [-0.39, 0.29) is 6.23 Å². The largest absolute Gasteiger partial charge is 0.483 e. The van der Waals surface area contributed by atoms with Crippen molar-refractivity contribution in [2.75, 3.05) is 6.54 Å². The summed E-state index contributed by atoms with van der Waals surface area (Å²) < 4.78 is 5.10. The fourth-order valence-corrected chi connectivity index (χ4v) is 0.744. The van der Waals surface area contributed by atoms with E-state index < -0.39 is 0 Å². The van der Waals surface area contributed by atoms with Crippen molar-refractivity contribution in [3.63, 3.8) is 0 Å². The normalized spacial score (nSPS) is 25.9. The van der Waals surface area contributed by atoms with Crippen molar-refractivity contribution in [3.8, 4) is 0 Å². The van der Waals surface area contributed by atoms with Crippen molar-refractivity contribution in [2.24, 2.45) is 0 Å². The summed E-state index contributed by atoms with van der Waals surface area (Å²) in [6, 6.07) is 0. The first-order valence-corrected chi connectivity index (χ1v) is 2.97. The lowest BCUT2D eigenvalue weighted by Crippen LogP contribution is -2.27. The van der Waals surface area contributed by atoms with Crippen molar-refractivity contribution in [2.45, 2.75) is 19.6 Å². The maximum atomic E-state index is 5.10. The monoisotopic (exact) mass is 113 g/mol. The van der Waals surface area contributed by atoms with Crippen LogP contribution < -0.4 is 5.32 Å². The smallest absolute Gasteiger partial charge is 0.152 e. The first kappa shape index (κ1) is 5.63. The molecule has 0 fully saturated rings. The Balaban J connectivity index is 2.10. The summed E-state index contributed by atoms with van der Waals surface area (Å²) in [6.07, 6.45) is 5.02. The van der Waals surface area contributed by atoms with Gasteiger partial charge in [0.05, 0.1) is 6.26 Å². The molecular formula is C6H11NO. The van der Waals surface area contributed by atoms with Crippen LogP contribution in [0.2, 0.25) is 0 Å². The molecule has 0 spiro atoms. The summed E-state index contributed by atoms with van der Waals surface area (Å²) in [7, 11) is 0. The van der Waals surface area contributed by atoms with Gasteiger partial charge in [0, 0.05) is 6.42 Å². The molecule has 46 valence electrons. The van der Waals surface area contributed by atoms with Gasteiger partial charge in [-0.1, -0.05) is 6.92 Å². The van der Waals surface area contributed by atoms with E-state index in [2.05, 4.69) is 12.2 Å². The summed E-state index contributed by atoms with van der Waals surface area (Å²) in [5.41, 5.74) is 0. The molecule has 2 heteroatoms. The second kappa shape index (κ2) is 2.72. The van der Waals surface area contributed by atoms with Crippen LogP contribution in [0.15, 0.2) is 12.3 Å². The van der Waals surface area contributed by atoms with Gasteiger partial charge in [0.1, 0.15) is 0 Å². The van der Waals surface area contributed by atoms with Crippen LogP contribution in [0.1, 0.15) is 13.3 Å². The highest BCUT2D eigenvalue weighted by molar-refractivity contribution is 4.84. The summed E-state index contributed by atoms with van der Waals surface area (Å²) in [6.45, 7) is 3.05. The van der Waals surface area contributed by atoms with E-state index in [1.807, 2.05) is 6.08 Å². The van der Waals surface area contributed by atoms with Gasteiger partial charge >= 0.3 is 0 Å². The van der Waals surface area contributed by atoms with Gasteiger partial charge in [-0.3, -0.25) is 5.32 Å². The maximum absolute atomic E-state index is 5.10. The van der Waals surface area contributed by atoms with Crippen molar-refractivity contribution < 1.29 is 4.74 Å². The van der Waals surface area contributed by atoms with E-state index in [1.54, 1.807) is 6.26 Å². The maximum Gasteiger partial charge on any atom is 0.152 e. The number of nitrogens with one attached hydrogen (secondary N) is 1. The predicted octanol–water partition coefficient (Wildman–Crippen LogP) is 0.856. The Labute approximate surface area is 49.5 Å². The molecule has 1 aliphatic heterocycles. The summed E-state index contributed by atoms with van der Waals surface area (Å²) in [4.78, 5) is 0. The molecule has 0 saturated heterocycles. The zero-order chi connectivity index (χ0) is 5.82. The van der Waals surface area contributed by atoms with Crippen LogP contribution in [0.3, 0.4) is 0 Å². The van der Waals surface area contributed by atoms with Gasteiger partial charge in [-0.25, -0.2) is 0 Å². The Kier molecular flexibility index (Phi) is 1.92. The molecule has 1 atom stereocenters. The molecule has 1 heterocycles. The molecule has 1 N–H and O–H groups in total. The van der Waals surface area contributed by atoms with Crippen LogP contribution in [0, 0.1) is 0 Å². The van der Waals surface area contributed by atoms with Gasteiger partial charge in [0.2, 0.25) is 0 Å². The zero-order valence-electron chi connectivity index (χ0n) is 5.05. The van der Waals surface area contributed by atoms with E-state index >= 15 is 0 Å². The average Bonchev–Trinajstić information content (AvgIpc) is 2.19. The molecule has 1 aliphatic rings. The quantitative estimate of drug-likeness (QED) is 0.573. The molecule has 0 amide bonds. The Morgan fingerprint density at radius 1 is 1.88 bits per heavy atom. The van der Waals surface area contributed by atoms with Gasteiger partial charge in [-0.2, -0.15) is 0 Å². The molecule has 1 rings (SSSR count). The van der Waals surface area contributed by atoms with Crippen LogP contribution in [-0.4, -0.2) is 12.8 Å². The minimum atomic E-state index is 0.250. The van der Waals surface area contributed by atoms with Crippen LogP contribution >= 0.6 is 0 Å². The third-order valence-corrected chi connectivity index (χ3v) is 1.12. The number of ether oxygens (including phenoxy) is 1. The molecule has 0 aromatic carbocycles. The predicted molar refractivity (Wildman–Crippen MR) is 32.3 cm³/mol. The van der Waals surface area contributed by atoms with E-state index in [1.165, 1.54) is 0 Å². The minimum Gasteiger partial charge on any atom is -0.483 e. The third kappa shape index (κ3) is 1.23. The lowest BCUT2D eigenvalue weighted by molar-refractivity contribution is 0.138. The second-order valence-corrected chi connectivity index (χ2v) is 1.79. The van der Waals surface area contributed by atoms with Gasteiger partial charge in [0.25, 0.3) is 0 Å². The molecule has 0 bridgehead atoms. The highest BCUT2D eigenvalue weighted by Crippen LogP contribution is 2.03. The van der Waals surface area contributed by atoms with E-state index in [0.717, 1.165) is 13.0 Å². The summed E-state index contributed by atoms with van der Waals surface area (Å²) >= 11 is 0. The third-order valence-electron chi connectivity index (χ3n) is 1.12. The van der Waals surface area contributed by atoms with E-state index in [0.29, 0.717) is 0 Å². The zero-order valence-corrected chi connectivity index (χ0v) is 5.05. The molecule has 0 aliphatic carbocycles. The van der Waals surface area contributed by atoms with Gasteiger partial charge in [-0.15, -0.1) is 0 Å². The minimum absolute atomic E-state index is 0.250. The van der Waals surface area contributed by atoms with Crippen LogP contribution in [0.4, 0.5) is 0 Å². The molecule has 0 aromatic rings. The SMILES string of the molecule is CCNC1CC=CO1. The van der Waals surface area contributed by atoms with Crippen molar-refractivity contribution in [1.29, 1.82) is 0 Å². The fraction of sp³-hybridized carbons (Fsp3) is 0.667. The average molecular weight is 113 g/mol. The topological polar surface area (TPSA) is 21.3 Å². The Hall–Kier alpha value is -0.500. The molecule has 0 radical (unpaired) electrons. The van der Waals surface area contributed by atoms with E-state index in [4.69, 9.17) is 4.74 Å². The first-order valence-electron chi connectivity index (χ1n) is 2.97. The molecule has 0 saturated carbocycles. The van der Waals surface area contributed by atoms with Gasteiger partial charge < -0.3 is 4.74 Å². The standard InChI is InChI=1S/C6H11NO/c1-2-7-6-4-3-5-8-6/h3,5-7H,2,4H2,1H3. The Bertz CT molecular complexity index is 82.5. The van der Waals surface area contributed by atoms with Crippen LogP contribution in [0.5, 0.6) is 0 Å². The highest BCUT2D eigenvalue weighted by Gasteiger charge is 2.06. The van der Waals surface area contributed by atoms with Crippen LogP contribution in [-0.2, 0) is 4.74 Å². The molecule has 0 aromatic heterocycles. The fourth-order valence-electron chi connectivity index (χ4n) is 0.744. The number of hydrogen-bond acceptors (Lipinski definition) is 2. The highest BCUT2D eigenvalue weighted by atomic mass is 16.5. The Morgan fingerprint density at radius 2 is 2.75 bits per heavy atom. The molecule has 8 heavy (non-hydrogen) atoms. The number of rotatable bonds is 2.